The Hall–Kier alpha value is -1.88. The van der Waals surface area contributed by atoms with Crippen LogP contribution in [0, 0.1) is 6.92 Å². The molecular formula is C19H26N2O3. The number of benzene rings is 1. The second-order valence-electron chi connectivity index (χ2n) is 6.80. The predicted octanol–water partition coefficient (Wildman–Crippen LogP) is 2.17. The van der Waals surface area contributed by atoms with Gasteiger partial charge in [0, 0.05) is 26.1 Å². The number of likely N-dealkylation sites (tertiary alicyclic amines) is 1. The molecule has 2 heterocycles. The molecule has 3 rings (SSSR count). The van der Waals surface area contributed by atoms with Crippen molar-refractivity contribution in [3.63, 3.8) is 0 Å². The van der Waals surface area contributed by atoms with Crippen molar-refractivity contribution in [2.45, 2.75) is 57.7 Å². The molecule has 0 bridgehead atoms. The molecule has 2 aliphatic heterocycles. The maximum absolute atomic E-state index is 12.5. The van der Waals surface area contributed by atoms with Gasteiger partial charge in [-0.1, -0.05) is 29.8 Å². The van der Waals surface area contributed by atoms with E-state index in [1.165, 1.54) is 5.56 Å². The van der Waals surface area contributed by atoms with Crippen molar-refractivity contribution in [3.05, 3.63) is 35.4 Å². The van der Waals surface area contributed by atoms with Crippen molar-refractivity contribution in [1.82, 2.24) is 10.2 Å². The lowest BCUT2D eigenvalue weighted by Crippen LogP contribution is -2.46. The number of rotatable bonds is 5. The van der Waals surface area contributed by atoms with Crippen molar-refractivity contribution >= 4 is 11.8 Å². The van der Waals surface area contributed by atoms with E-state index in [1.807, 2.05) is 31.2 Å². The quantitative estimate of drug-likeness (QED) is 0.900. The van der Waals surface area contributed by atoms with Crippen LogP contribution in [0.5, 0.6) is 0 Å². The largest absolute Gasteiger partial charge is 0.376 e. The molecule has 1 aromatic carbocycles. The molecule has 2 fully saturated rings. The fourth-order valence-corrected chi connectivity index (χ4v) is 3.40. The molecule has 0 spiro atoms. The SMILES string of the molecule is Cc1ccc(CN2C(=O)CC[C@@H]2C(=O)NC[C@@H]2CCCCO2)cc1. The van der Waals surface area contributed by atoms with Crippen LogP contribution in [0.3, 0.4) is 0 Å². The van der Waals surface area contributed by atoms with Crippen molar-refractivity contribution < 1.29 is 14.3 Å². The van der Waals surface area contributed by atoms with Crippen LogP contribution in [0.1, 0.15) is 43.2 Å². The first-order valence-corrected chi connectivity index (χ1v) is 8.88. The first kappa shape index (κ1) is 17.0. The highest BCUT2D eigenvalue weighted by molar-refractivity contribution is 5.90. The Morgan fingerprint density at radius 3 is 2.75 bits per heavy atom. The summed E-state index contributed by atoms with van der Waals surface area (Å²) in [5.74, 6) is 0.00627. The summed E-state index contributed by atoms with van der Waals surface area (Å²) in [4.78, 5) is 26.4. The van der Waals surface area contributed by atoms with E-state index in [9.17, 15) is 9.59 Å². The summed E-state index contributed by atoms with van der Waals surface area (Å²) in [5, 5.41) is 2.98. The molecule has 0 aliphatic carbocycles. The van der Waals surface area contributed by atoms with Crippen molar-refractivity contribution in [2.75, 3.05) is 13.2 Å². The second-order valence-corrected chi connectivity index (χ2v) is 6.80. The summed E-state index contributed by atoms with van der Waals surface area (Å²) in [6.45, 7) is 3.86. The molecule has 0 saturated carbocycles. The van der Waals surface area contributed by atoms with Gasteiger partial charge in [-0.05, 0) is 38.2 Å². The van der Waals surface area contributed by atoms with Crippen molar-refractivity contribution in [1.29, 1.82) is 0 Å². The van der Waals surface area contributed by atoms with Crippen LogP contribution in [-0.2, 0) is 20.9 Å². The molecule has 5 nitrogen and oxygen atoms in total. The minimum Gasteiger partial charge on any atom is -0.376 e. The average molecular weight is 330 g/mol. The third-order valence-corrected chi connectivity index (χ3v) is 4.88. The third kappa shape index (κ3) is 4.15. The molecule has 0 radical (unpaired) electrons. The topological polar surface area (TPSA) is 58.6 Å². The van der Waals surface area contributed by atoms with E-state index in [0.29, 0.717) is 25.9 Å². The average Bonchev–Trinajstić information content (AvgIpc) is 2.96. The number of aryl methyl sites for hydroxylation is 1. The fraction of sp³-hybridized carbons (Fsp3) is 0.579. The maximum Gasteiger partial charge on any atom is 0.242 e. The minimum absolute atomic E-state index is 0.0536. The number of amides is 2. The van der Waals surface area contributed by atoms with E-state index in [2.05, 4.69) is 5.32 Å². The van der Waals surface area contributed by atoms with Gasteiger partial charge in [-0.3, -0.25) is 9.59 Å². The van der Waals surface area contributed by atoms with Crippen molar-refractivity contribution in [3.8, 4) is 0 Å². The molecular weight excluding hydrogens is 304 g/mol. The minimum atomic E-state index is -0.359. The standard InChI is InChI=1S/C19H26N2O3/c1-14-5-7-15(8-6-14)13-21-17(9-10-18(21)22)19(23)20-12-16-4-2-3-11-24-16/h5-8,16-17H,2-4,9-13H2,1H3,(H,20,23)/t16-,17+/m0/s1. The highest BCUT2D eigenvalue weighted by Crippen LogP contribution is 2.22. The van der Waals surface area contributed by atoms with Crippen LogP contribution in [0.2, 0.25) is 0 Å². The van der Waals surface area contributed by atoms with Gasteiger partial charge in [-0.15, -0.1) is 0 Å². The Morgan fingerprint density at radius 1 is 1.25 bits per heavy atom. The summed E-state index contributed by atoms with van der Waals surface area (Å²) in [7, 11) is 0. The molecule has 2 amide bonds. The number of hydrogen-bond donors (Lipinski definition) is 1. The van der Waals surface area contributed by atoms with E-state index in [4.69, 9.17) is 4.74 Å². The summed E-state index contributed by atoms with van der Waals surface area (Å²) in [6.07, 6.45) is 4.42. The second kappa shape index (κ2) is 7.79. The van der Waals surface area contributed by atoms with Gasteiger partial charge in [0.1, 0.15) is 6.04 Å². The van der Waals surface area contributed by atoms with Crippen LogP contribution < -0.4 is 5.32 Å². The molecule has 1 N–H and O–H groups in total. The Kier molecular flexibility index (Phi) is 5.51. The molecule has 1 aromatic rings. The first-order chi connectivity index (χ1) is 11.6. The van der Waals surface area contributed by atoms with Crippen molar-refractivity contribution in [2.24, 2.45) is 0 Å². The van der Waals surface area contributed by atoms with E-state index in [-0.39, 0.29) is 24.0 Å². The lowest BCUT2D eigenvalue weighted by molar-refractivity contribution is -0.136. The zero-order chi connectivity index (χ0) is 16.9. The lowest BCUT2D eigenvalue weighted by Gasteiger charge is -2.26. The van der Waals surface area contributed by atoms with E-state index in [0.717, 1.165) is 31.4 Å². The molecule has 24 heavy (non-hydrogen) atoms. The molecule has 0 unspecified atom stereocenters. The highest BCUT2D eigenvalue weighted by Gasteiger charge is 2.36. The van der Waals surface area contributed by atoms with Crippen LogP contribution in [-0.4, -0.2) is 42.0 Å². The van der Waals surface area contributed by atoms with E-state index in [1.54, 1.807) is 4.90 Å². The Balaban J connectivity index is 1.57. The number of nitrogens with zero attached hydrogens (tertiary/aromatic N) is 1. The van der Waals surface area contributed by atoms with E-state index >= 15 is 0 Å². The van der Waals surface area contributed by atoms with Crippen LogP contribution in [0.15, 0.2) is 24.3 Å². The normalized spacial score (nSPS) is 24.2. The number of hydrogen-bond acceptors (Lipinski definition) is 3. The summed E-state index contributed by atoms with van der Waals surface area (Å²) in [5.41, 5.74) is 2.25. The van der Waals surface area contributed by atoms with Gasteiger partial charge < -0.3 is 15.0 Å². The number of ether oxygens (including phenoxy) is 1. The molecule has 2 aliphatic rings. The Morgan fingerprint density at radius 2 is 2.04 bits per heavy atom. The zero-order valence-corrected chi connectivity index (χ0v) is 14.3. The maximum atomic E-state index is 12.5. The monoisotopic (exact) mass is 330 g/mol. The smallest absolute Gasteiger partial charge is 0.242 e. The Bertz CT molecular complexity index is 579. The number of carbonyl (C=O) groups is 2. The first-order valence-electron chi connectivity index (χ1n) is 8.88. The van der Waals surface area contributed by atoms with Gasteiger partial charge in [0.15, 0.2) is 0 Å². The zero-order valence-electron chi connectivity index (χ0n) is 14.3. The molecule has 5 heteroatoms. The Labute approximate surface area is 143 Å². The van der Waals surface area contributed by atoms with Gasteiger partial charge in [0.2, 0.25) is 11.8 Å². The number of nitrogens with one attached hydrogen (secondary N) is 1. The number of carbonyl (C=O) groups excluding carboxylic acids is 2. The predicted molar refractivity (Wildman–Crippen MR) is 91.4 cm³/mol. The van der Waals surface area contributed by atoms with Crippen LogP contribution >= 0.6 is 0 Å². The molecule has 2 saturated heterocycles. The van der Waals surface area contributed by atoms with Crippen LogP contribution in [0.4, 0.5) is 0 Å². The van der Waals surface area contributed by atoms with Gasteiger partial charge in [-0.2, -0.15) is 0 Å². The lowest BCUT2D eigenvalue weighted by atomic mass is 10.1. The summed E-state index contributed by atoms with van der Waals surface area (Å²) >= 11 is 0. The molecule has 2 atom stereocenters. The van der Waals surface area contributed by atoms with Gasteiger partial charge in [0.25, 0.3) is 0 Å². The van der Waals surface area contributed by atoms with E-state index < -0.39 is 0 Å². The molecule has 0 aromatic heterocycles. The van der Waals surface area contributed by atoms with Crippen LogP contribution in [0.25, 0.3) is 0 Å². The molecule has 130 valence electrons. The van der Waals surface area contributed by atoms with Gasteiger partial charge in [0.05, 0.1) is 6.10 Å². The van der Waals surface area contributed by atoms with Gasteiger partial charge >= 0.3 is 0 Å². The highest BCUT2D eigenvalue weighted by atomic mass is 16.5. The fourth-order valence-electron chi connectivity index (χ4n) is 3.40. The van der Waals surface area contributed by atoms with Gasteiger partial charge in [-0.25, -0.2) is 0 Å². The summed E-state index contributed by atoms with van der Waals surface area (Å²) < 4.78 is 5.65. The third-order valence-electron chi connectivity index (χ3n) is 4.88. The summed E-state index contributed by atoms with van der Waals surface area (Å²) in [6, 6.07) is 7.75.